The van der Waals surface area contributed by atoms with Gasteiger partial charge < -0.3 is 10.1 Å². The highest BCUT2D eigenvalue weighted by atomic mass is 35.5. The maximum atomic E-state index is 13.0. The van der Waals surface area contributed by atoms with Crippen molar-refractivity contribution < 1.29 is 17.9 Å². The minimum absolute atomic E-state index is 0.138. The molecular weight excluding hydrogens is 460 g/mol. The monoisotopic (exact) mass is 486 g/mol. The molecule has 0 aliphatic heterocycles. The van der Waals surface area contributed by atoms with Gasteiger partial charge in [-0.15, -0.1) is 0 Å². The summed E-state index contributed by atoms with van der Waals surface area (Å²) in [6.45, 7) is 4.17. The molecule has 1 atom stereocenters. The van der Waals surface area contributed by atoms with E-state index in [4.69, 9.17) is 16.3 Å². The Morgan fingerprint density at radius 3 is 2.24 bits per heavy atom. The number of rotatable bonds is 9. The van der Waals surface area contributed by atoms with Crippen molar-refractivity contribution in [3.63, 3.8) is 0 Å². The molecule has 0 radical (unpaired) electrons. The van der Waals surface area contributed by atoms with Gasteiger partial charge in [-0.25, -0.2) is 8.42 Å². The number of amides is 1. The van der Waals surface area contributed by atoms with E-state index in [9.17, 15) is 13.2 Å². The molecule has 0 heterocycles. The Balaban J connectivity index is 1.78. The standard InChI is InChI=1S/C25H27ClN2O4S/c1-17(2)15-24(18-9-12-20(32-3)13-10-18)27-25(29)22-14-11-19(16-23(22)26)28-33(30,31)21-7-5-4-6-8-21/h4-14,16-17,24,28H,15H2,1-3H3,(H,27,29). The molecule has 3 aromatic rings. The van der Waals surface area contributed by atoms with E-state index in [-0.39, 0.29) is 33.1 Å². The number of carbonyl (C=O) groups is 1. The van der Waals surface area contributed by atoms with Crippen LogP contribution < -0.4 is 14.8 Å². The summed E-state index contributed by atoms with van der Waals surface area (Å²) in [6.07, 6.45) is 0.741. The van der Waals surface area contributed by atoms with Crippen molar-refractivity contribution in [2.45, 2.75) is 31.2 Å². The van der Waals surface area contributed by atoms with Crippen LogP contribution in [-0.2, 0) is 10.0 Å². The lowest BCUT2D eigenvalue weighted by Gasteiger charge is -2.22. The second-order valence-electron chi connectivity index (χ2n) is 8.04. The van der Waals surface area contributed by atoms with Crippen LogP contribution >= 0.6 is 11.6 Å². The van der Waals surface area contributed by atoms with Crippen molar-refractivity contribution in [1.82, 2.24) is 5.32 Å². The molecule has 1 amide bonds. The van der Waals surface area contributed by atoms with Crippen LogP contribution in [0.15, 0.2) is 77.7 Å². The van der Waals surface area contributed by atoms with E-state index in [1.165, 1.54) is 30.3 Å². The molecule has 8 heteroatoms. The van der Waals surface area contributed by atoms with Crippen LogP contribution in [0.1, 0.15) is 42.2 Å². The zero-order valence-corrected chi connectivity index (χ0v) is 20.3. The van der Waals surface area contributed by atoms with Gasteiger partial charge in [0, 0.05) is 0 Å². The molecule has 0 bridgehead atoms. The number of sulfonamides is 1. The molecule has 0 spiro atoms. The van der Waals surface area contributed by atoms with Gasteiger partial charge in [0.15, 0.2) is 0 Å². The summed E-state index contributed by atoms with van der Waals surface area (Å²) < 4.78 is 32.8. The molecule has 0 fully saturated rings. The largest absolute Gasteiger partial charge is 0.497 e. The van der Waals surface area contributed by atoms with Gasteiger partial charge in [-0.2, -0.15) is 0 Å². The van der Waals surface area contributed by atoms with Crippen LogP contribution in [-0.4, -0.2) is 21.4 Å². The van der Waals surface area contributed by atoms with E-state index in [1.54, 1.807) is 25.3 Å². The normalized spacial score (nSPS) is 12.3. The molecule has 0 saturated heterocycles. The van der Waals surface area contributed by atoms with Crippen LogP contribution in [0.3, 0.4) is 0 Å². The van der Waals surface area contributed by atoms with Crippen molar-refractivity contribution in [2.75, 3.05) is 11.8 Å². The van der Waals surface area contributed by atoms with Crippen molar-refractivity contribution >= 4 is 33.2 Å². The van der Waals surface area contributed by atoms with E-state index >= 15 is 0 Å². The summed E-state index contributed by atoms with van der Waals surface area (Å²) in [6, 6.07) is 19.8. The molecular formula is C25H27ClN2O4S. The van der Waals surface area contributed by atoms with Crippen molar-refractivity contribution in [3.05, 3.63) is 88.9 Å². The third-order valence-electron chi connectivity index (χ3n) is 5.05. The number of benzene rings is 3. The van der Waals surface area contributed by atoms with Gasteiger partial charge in [0.25, 0.3) is 15.9 Å². The molecule has 33 heavy (non-hydrogen) atoms. The fourth-order valence-corrected chi connectivity index (χ4v) is 4.74. The summed E-state index contributed by atoms with van der Waals surface area (Å²) in [5.41, 5.74) is 1.50. The van der Waals surface area contributed by atoms with Crippen LogP contribution in [0.4, 0.5) is 5.69 Å². The number of nitrogens with one attached hydrogen (secondary N) is 2. The zero-order valence-electron chi connectivity index (χ0n) is 18.7. The molecule has 174 valence electrons. The summed E-state index contributed by atoms with van der Waals surface area (Å²) in [5.74, 6) is 0.756. The first-order valence-electron chi connectivity index (χ1n) is 10.5. The smallest absolute Gasteiger partial charge is 0.261 e. The Kier molecular flexibility index (Phi) is 8.00. The summed E-state index contributed by atoms with van der Waals surface area (Å²) in [5, 5.41) is 3.20. The quantitative estimate of drug-likeness (QED) is 0.408. The summed E-state index contributed by atoms with van der Waals surface area (Å²) in [7, 11) is -2.15. The maximum absolute atomic E-state index is 13.0. The molecule has 6 nitrogen and oxygen atoms in total. The van der Waals surface area contributed by atoms with E-state index in [0.717, 1.165) is 17.7 Å². The van der Waals surface area contributed by atoms with Crippen LogP contribution in [0, 0.1) is 5.92 Å². The maximum Gasteiger partial charge on any atom is 0.261 e. The average molecular weight is 487 g/mol. The Morgan fingerprint density at radius 1 is 1.00 bits per heavy atom. The highest BCUT2D eigenvalue weighted by molar-refractivity contribution is 7.92. The Labute approximate surface area is 200 Å². The van der Waals surface area contributed by atoms with Gasteiger partial charge in [-0.05, 0) is 60.4 Å². The molecule has 0 aliphatic carbocycles. The van der Waals surface area contributed by atoms with Gasteiger partial charge in [0.1, 0.15) is 5.75 Å². The van der Waals surface area contributed by atoms with Crippen molar-refractivity contribution in [1.29, 1.82) is 0 Å². The highest BCUT2D eigenvalue weighted by Crippen LogP contribution is 2.27. The number of carbonyl (C=O) groups excluding carboxylic acids is 1. The summed E-state index contributed by atoms with van der Waals surface area (Å²) >= 11 is 6.36. The van der Waals surface area contributed by atoms with E-state index < -0.39 is 10.0 Å². The number of anilines is 1. The Hall–Kier alpha value is -3.03. The molecule has 3 aromatic carbocycles. The van der Waals surface area contributed by atoms with Crippen molar-refractivity contribution in [3.8, 4) is 5.75 Å². The van der Waals surface area contributed by atoms with Crippen LogP contribution in [0.25, 0.3) is 0 Å². The minimum atomic E-state index is -3.76. The SMILES string of the molecule is COc1ccc(C(CC(C)C)NC(=O)c2ccc(NS(=O)(=O)c3ccccc3)cc2Cl)cc1. The first-order valence-corrected chi connectivity index (χ1v) is 12.4. The predicted octanol–water partition coefficient (Wildman–Crippen LogP) is 5.67. The predicted molar refractivity (Wildman–Crippen MR) is 131 cm³/mol. The van der Waals surface area contributed by atoms with Gasteiger partial charge >= 0.3 is 0 Å². The van der Waals surface area contributed by atoms with Gasteiger partial charge in [0.05, 0.1) is 34.3 Å². The zero-order chi connectivity index (χ0) is 24.0. The first-order chi connectivity index (χ1) is 15.7. The topological polar surface area (TPSA) is 84.5 Å². The number of ether oxygens (including phenoxy) is 1. The molecule has 0 saturated carbocycles. The highest BCUT2D eigenvalue weighted by Gasteiger charge is 2.20. The van der Waals surface area contributed by atoms with Gasteiger partial charge in [-0.1, -0.05) is 55.8 Å². The average Bonchev–Trinajstić information content (AvgIpc) is 2.78. The fourth-order valence-electron chi connectivity index (χ4n) is 3.40. The number of methoxy groups -OCH3 is 1. The Bertz CT molecular complexity index is 1200. The molecule has 0 aromatic heterocycles. The van der Waals surface area contributed by atoms with E-state index in [1.807, 2.05) is 24.3 Å². The number of hydrogen-bond donors (Lipinski definition) is 2. The third kappa shape index (κ3) is 6.49. The Morgan fingerprint density at radius 2 is 1.67 bits per heavy atom. The van der Waals surface area contributed by atoms with Crippen LogP contribution in [0.5, 0.6) is 5.75 Å². The lowest BCUT2D eigenvalue weighted by atomic mass is 9.96. The van der Waals surface area contributed by atoms with Crippen molar-refractivity contribution in [2.24, 2.45) is 5.92 Å². The van der Waals surface area contributed by atoms with E-state index in [2.05, 4.69) is 23.9 Å². The molecule has 3 rings (SSSR count). The van der Waals surface area contributed by atoms with E-state index in [0.29, 0.717) is 5.92 Å². The summed E-state index contributed by atoms with van der Waals surface area (Å²) in [4.78, 5) is 13.2. The third-order valence-corrected chi connectivity index (χ3v) is 6.76. The minimum Gasteiger partial charge on any atom is -0.497 e. The molecule has 1 unspecified atom stereocenters. The molecule has 2 N–H and O–H groups in total. The lowest BCUT2D eigenvalue weighted by Crippen LogP contribution is -2.29. The number of halogens is 1. The van der Waals surface area contributed by atoms with Crippen LogP contribution in [0.2, 0.25) is 5.02 Å². The molecule has 0 aliphatic rings. The fraction of sp³-hybridized carbons (Fsp3) is 0.240. The van der Waals surface area contributed by atoms with Gasteiger partial charge in [0.2, 0.25) is 0 Å². The van der Waals surface area contributed by atoms with Gasteiger partial charge in [-0.3, -0.25) is 9.52 Å². The lowest BCUT2D eigenvalue weighted by molar-refractivity contribution is 0.0932. The first kappa shape index (κ1) is 24.6. The number of hydrogen-bond acceptors (Lipinski definition) is 4. The second kappa shape index (κ2) is 10.7. The second-order valence-corrected chi connectivity index (χ2v) is 10.1.